The number of unbranched alkanes of at least 4 members (excludes halogenated alkanes) is 21. The molecule has 53 heavy (non-hydrogen) atoms. The molecule has 294 valence electrons. The molecule has 0 bridgehead atoms. The van der Waals surface area contributed by atoms with Gasteiger partial charge in [0, 0.05) is 8.07 Å². The average Bonchev–Trinajstić information content (AvgIpc) is 3.14. The first-order valence-electron chi connectivity index (χ1n) is 22.4. The lowest BCUT2D eigenvalue weighted by Crippen LogP contribution is -2.23. The molecule has 2 nitrogen and oxygen atoms in total. The second-order valence-electron chi connectivity index (χ2n) is 17.0. The molecule has 0 heterocycles. The van der Waals surface area contributed by atoms with Crippen LogP contribution in [0.3, 0.4) is 0 Å². The smallest absolute Gasteiger partial charge is 0.299 e. The average molecular weight is 737 g/mol. The Hall–Kier alpha value is -2.70. The standard InChI is InChI=1S/C50H80N2Si/c1-6-8-10-11-12-13-14-15-16-17-18-19-20-21-22-23-24-25-26-27-28-29-30-31-37-46-38-32-33-40-49(46)50(47(36-9-7-2)41-42-52-51)48-39-34-35-45(43-48)44-53(3,4)5/h29-30,32-35,38-41,43H,6-28,31,36-37,44H2,1-5H3. The van der Waals surface area contributed by atoms with Gasteiger partial charge in [0.05, 0.1) is 6.08 Å². The molecule has 0 radical (unpaired) electrons. The summed E-state index contributed by atoms with van der Waals surface area (Å²) in [6.45, 7) is 11.9. The first kappa shape index (κ1) is 46.5. The molecule has 0 aliphatic rings. The van der Waals surface area contributed by atoms with Gasteiger partial charge in [0.1, 0.15) is 0 Å². The molecule has 2 aromatic carbocycles. The van der Waals surface area contributed by atoms with E-state index in [1.54, 1.807) is 0 Å². The van der Waals surface area contributed by atoms with Crippen molar-refractivity contribution in [3.05, 3.63) is 100 Å². The highest BCUT2D eigenvalue weighted by molar-refractivity contribution is 6.75. The molecule has 0 aliphatic carbocycles. The van der Waals surface area contributed by atoms with Crippen molar-refractivity contribution < 1.29 is 4.79 Å². The Morgan fingerprint density at radius 2 is 1.15 bits per heavy atom. The Balaban J connectivity index is 1.74. The van der Waals surface area contributed by atoms with Crippen molar-refractivity contribution in [3.8, 4) is 0 Å². The molecule has 2 aromatic rings. The summed E-state index contributed by atoms with van der Waals surface area (Å²) in [5.41, 5.74) is 17.1. The highest BCUT2D eigenvalue weighted by Crippen LogP contribution is 2.34. The lowest BCUT2D eigenvalue weighted by atomic mass is 9.86. The molecule has 0 atom stereocenters. The fraction of sp³-hybridized carbons (Fsp3) is 0.640. The largest absolute Gasteiger partial charge is 0.348 e. The molecule has 0 saturated carbocycles. The first-order chi connectivity index (χ1) is 25.9. The van der Waals surface area contributed by atoms with Crippen molar-refractivity contribution in [1.29, 1.82) is 0 Å². The highest BCUT2D eigenvalue weighted by Gasteiger charge is 2.18. The Bertz CT molecular complexity index is 1370. The van der Waals surface area contributed by atoms with E-state index < -0.39 is 8.07 Å². The second kappa shape index (κ2) is 30.6. The molecule has 0 amide bonds. The van der Waals surface area contributed by atoms with Crippen LogP contribution in [-0.4, -0.2) is 18.7 Å². The predicted molar refractivity (Wildman–Crippen MR) is 239 cm³/mol. The molecule has 2 rings (SSSR count). The molecule has 3 heteroatoms. The van der Waals surface area contributed by atoms with Crippen molar-refractivity contribution in [2.45, 2.75) is 206 Å². The van der Waals surface area contributed by atoms with Crippen molar-refractivity contribution in [1.82, 2.24) is 0 Å². The quantitative estimate of drug-likeness (QED) is 0.0136. The van der Waals surface area contributed by atoms with Gasteiger partial charge in [-0.3, -0.25) is 0 Å². The summed E-state index contributed by atoms with van der Waals surface area (Å²) >= 11 is 0. The summed E-state index contributed by atoms with van der Waals surface area (Å²) in [4.78, 5) is 3.24. The van der Waals surface area contributed by atoms with Gasteiger partial charge >= 0.3 is 0 Å². The minimum atomic E-state index is -1.26. The van der Waals surface area contributed by atoms with Gasteiger partial charge in [0.25, 0.3) is 5.87 Å². The third-order valence-electron chi connectivity index (χ3n) is 10.6. The van der Waals surface area contributed by atoms with E-state index in [1.165, 1.54) is 174 Å². The number of aryl methyl sites for hydroxylation is 1. The van der Waals surface area contributed by atoms with Crippen LogP contribution in [0.2, 0.25) is 19.6 Å². The van der Waals surface area contributed by atoms with Crippen LogP contribution >= 0.6 is 0 Å². The van der Waals surface area contributed by atoms with Gasteiger partial charge in [-0.25, -0.2) is 0 Å². The summed E-state index contributed by atoms with van der Waals surface area (Å²) < 4.78 is 0. The van der Waals surface area contributed by atoms with Crippen molar-refractivity contribution >= 4 is 19.5 Å². The maximum atomic E-state index is 9.30. The van der Waals surface area contributed by atoms with Crippen LogP contribution in [0.5, 0.6) is 0 Å². The van der Waals surface area contributed by atoms with Gasteiger partial charge in [-0.2, -0.15) is 0 Å². The van der Waals surface area contributed by atoms with Crippen LogP contribution in [0.15, 0.2) is 72.3 Å². The predicted octanol–water partition coefficient (Wildman–Crippen LogP) is 16.3. The van der Waals surface area contributed by atoms with E-state index in [2.05, 4.69) is 105 Å². The maximum Gasteiger partial charge on any atom is 0.299 e. The van der Waals surface area contributed by atoms with Crippen LogP contribution < -0.4 is 0 Å². The zero-order valence-electron chi connectivity index (χ0n) is 35.3. The van der Waals surface area contributed by atoms with Gasteiger partial charge < -0.3 is 5.53 Å². The van der Waals surface area contributed by atoms with Crippen LogP contribution in [0.25, 0.3) is 11.1 Å². The number of hydrogen-bond acceptors (Lipinski definition) is 0. The van der Waals surface area contributed by atoms with Gasteiger partial charge in [-0.15, -0.1) is 4.79 Å². The van der Waals surface area contributed by atoms with E-state index in [4.69, 9.17) is 0 Å². The fourth-order valence-electron chi connectivity index (χ4n) is 7.68. The Morgan fingerprint density at radius 1 is 0.623 bits per heavy atom. The zero-order chi connectivity index (χ0) is 38.2. The van der Waals surface area contributed by atoms with E-state index in [0.29, 0.717) is 0 Å². The zero-order valence-corrected chi connectivity index (χ0v) is 36.3. The van der Waals surface area contributed by atoms with Gasteiger partial charge in [-0.1, -0.05) is 228 Å². The summed E-state index contributed by atoms with van der Waals surface area (Å²) in [6.07, 6.45) is 41.7. The third-order valence-corrected chi connectivity index (χ3v) is 12.1. The van der Waals surface area contributed by atoms with E-state index in [-0.39, 0.29) is 0 Å². The van der Waals surface area contributed by atoms with E-state index >= 15 is 0 Å². The summed E-state index contributed by atoms with van der Waals surface area (Å²) in [6, 6.07) is 19.3. The normalized spacial score (nSPS) is 12.2. The molecular formula is C50H80N2Si. The molecule has 0 saturated heterocycles. The third kappa shape index (κ3) is 23.0. The van der Waals surface area contributed by atoms with Crippen LogP contribution in [-0.2, 0) is 12.5 Å². The van der Waals surface area contributed by atoms with Gasteiger partial charge in [0.15, 0.2) is 0 Å². The summed E-state index contributed by atoms with van der Waals surface area (Å²) in [5.74, 6) is 2.76. The monoisotopic (exact) mass is 737 g/mol. The van der Waals surface area contributed by atoms with Crippen molar-refractivity contribution in [3.63, 3.8) is 0 Å². The molecular weight excluding hydrogens is 657 g/mol. The molecule has 0 spiro atoms. The first-order valence-corrected chi connectivity index (χ1v) is 26.1. The summed E-state index contributed by atoms with van der Waals surface area (Å²) in [7, 11) is -1.26. The number of rotatable bonds is 32. The van der Waals surface area contributed by atoms with Crippen LogP contribution in [0.1, 0.15) is 197 Å². The lowest BCUT2D eigenvalue weighted by molar-refractivity contribution is 0.00800. The molecule has 0 fully saturated rings. The number of benzene rings is 2. The number of allylic oxidation sites excluding steroid dienone is 4. The Labute approximate surface area is 329 Å². The van der Waals surface area contributed by atoms with Crippen LogP contribution in [0, 0.1) is 0 Å². The molecule has 0 N–H and O–H groups in total. The highest BCUT2D eigenvalue weighted by atomic mass is 28.3. The Morgan fingerprint density at radius 3 is 1.70 bits per heavy atom. The number of hydrogen-bond donors (Lipinski definition) is 0. The topological polar surface area (TPSA) is 36.4 Å². The number of nitrogens with zero attached hydrogens (tertiary/aromatic N) is 2. The summed E-state index contributed by atoms with van der Waals surface area (Å²) in [5, 5.41) is 0. The van der Waals surface area contributed by atoms with Crippen molar-refractivity contribution in [2.75, 3.05) is 0 Å². The van der Waals surface area contributed by atoms with Crippen LogP contribution in [0.4, 0.5) is 0 Å². The van der Waals surface area contributed by atoms with Gasteiger partial charge in [-0.05, 0) is 72.4 Å². The minimum absolute atomic E-state index is 0.931. The lowest BCUT2D eigenvalue weighted by Gasteiger charge is -2.20. The van der Waals surface area contributed by atoms with Crippen molar-refractivity contribution in [2.24, 2.45) is 0 Å². The Kier molecular flexibility index (Phi) is 26.8. The second-order valence-corrected chi connectivity index (χ2v) is 22.5. The molecule has 0 aliphatic heterocycles. The van der Waals surface area contributed by atoms with E-state index in [1.807, 2.05) is 6.08 Å². The molecule has 0 unspecified atom stereocenters. The van der Waals surface area contributed by atoms with Gasteiger partial charge in [0.2, 0.25) is 0 Å². The SMILES string of the molecule is CCCCCCCCCCCCCCCCCCCCCCC=CCCc1ccccc1C(=C(C=C=[N+]=[N-])CCCC)c1cccc(C[Si](C)(C)C)c1. The fourth-order valence-corrected chi connectivity index (χ4v) is 9.13. The van der Waals surface area contributed by atoms with E-state index in [0.717, 1.165) is 32.1 Å². The maximum absolute atomic E-state index is 9.30. The minimum Gasteiger partial charge on any atom is -0.348 e. The molecule has 0 aromatic heterocycles. The van der Waals surface area contributed by atoms with E-state index in [9.17, 15) is 5.53 Å².